The Morgan fingerprint density at radius 3 is 2.38 bits per heavy atom. The van der Waals surface area contributed by atoms with Crippen molar-refractivity contribution in [1.29, 1.82) is 0 Å². The second kappa shape index (κ2) is 5.25. The van der Waals surface area contributed by atoms with Crippen molar-refractivity contribution in [2.75, 3.05) is 33.3 Å². The van der Waals surface area contributed by atoms with Crippen LogP contribution in [0.5, 0.6) is 11.5 Å². The summed E-state index contributed by atoms with van der Waals surface area (Å²) in [6, 6.07) is 5.19. The molecule has 0 heterocycles. The van der Waals surface area contributed by atoms with Crippen LogP contribution in [0.4, 0.5) is 10.5 Å². The van der Waals surface area contributed by atoms with Gasteiger partial charge in [0.1, 0.15) is 11.5 Å². The Bertz CT molecular complexity index is 378. The molecule has 0 saturated carbocycles. The minimum Gasteiger partial charge on any atom is -0.497 e. The molecule has 0 aliphatic heterocycles. The van der Waals surface area contributed by atoms with Gasteiger partial charge in [0.2, 0.25) is 0 Å². The van der Waals surface area contributed by atoms with Gasteiger partial charge in [0, 0.05) is 13.1 Å². The minimum atomic E-state index is -0.466. The predicted molar refractivity (Wildman–Crippen MR) is 60.4 cm³/mol. The molecule has 1 amide bonds. The number of carbonyl (C=O) groups excluding carboxylic acids is 1. The Labute approximate surface area is 94.5 Å². The summed E-state index contributed by atoms with van der Waals surface area (Å²) in [7, 11) is 6.02. The molecule has 0 aliphatic rings. The number of ether oxygens (including phenoxy) is 3. The molecule has 0 N–H and O–H groups in total. The smallest absolute Gasteiger partial charge is 0.413 e. The van der Waals surface area contributed by atoms with E-state index in [-0.39, 0.29) is 0 Å². The van der Waals surface area contributed by atoms with Gasteiger partial charge in [0.05, 0.1) is 27.0 Å². The van der Waals surface area contributed by atoms with Crippen molar-refractivity contribution < 1.29 is 19.0 Å². The zero-order valence-corrected chi connectivity index (χ0v) is 9.81. The number of nitrogens with zero attached hydrogens (tertiary/aromatic N) is 1. The molecule has 0 fully saturated rings. The van der Waals surface area contributed by atoms with Crippen LogP contribution in [0, 0.1) is 0 Å². The van der Waals surface area contributed by atoms with E-state index in [4.69, 9.17) is 9.47 Å². The van der Waals surface area contributed by atoms with Crippen molar-refractivity contribution >= 4 is 11.8 Å². The van der Waals surface area contributed by atoms with Crippen LogP contribution in [-0.2, 0) is 4.74 Å². The quantitative estimate of drug-likeness (QED) is 0.788. The van der Waals surface area contributed by atoms with Gasteiger partial charge >= 0.3 is 6.09 Å². The lowest BCUT2D eigenvalue weighted by Gasteiger charge is -2.19. The van der Waals surface area contributed by atoms with Gasteiger partial charge in [-0.25, -0.2) is 4.79 Å². The van der Waals surface area contributed by atoms with Crippen molar-refractivity contribution in [2.24, 2.45) is 0 Å². The first-order chi connectivity index (χ1) is 7.63. The van der Waals surface area contributed by atoms with Crippen molar-refractivity contribution in [3.8, 4) is 11.5 Å². The monoisotopic (exact) mass is 225 g/mol. The Hall–Kier alpha value is -1.91. The van der Waals surface area contributed by atoms with Gasteiger partial charge in [0.15, 0.2) is 0 Å². The summed E-state index contributed by atoms with van der Waals surface area (Å²) in [6.45, 7) is 0. The summed E-state index contributed by atoms with van der Waals surface area (Å²) < 4.78 is 14.9. The molecule has 0 bridgehead atoms. The molecule has 0 unspecified atom stereocenters. The molecule has 1 aromatic carbocycles. The number of hydrogen-bond acceptors (Lipinski definition) is 4. The third-order valence-corrected chi connectivity index (χ3v) is 2.20. The van der Waals surface area contributed by atoms with E-state index < -0.39 is 6.09 Å². The van der Waals surface area contributed by atoms with E-state index in [0.717, 1.165) is 0 Å². The third kappa shape index (κ3) is 2.36. The van der Waals surface area contributed by atoms with Crippen molar-refractivity contribution in [3.63, 3.8) is 0 Å². The Kier molecular flexibility index (Phi) is 3.99. The van der Waals surface area contributed by atoms with Crippen LogP contribution < -0.4 is 14.4 Å². The van der Waals surface area contributed by atoms with Gasteiger partial charge < -0.3 is 14.2 Å². The summed E-state index contributed by atoms with van der Waals surface area (Å²) in [4.78, 5) is 12.7. The largest absolute Gasteiger partial charge is 0.497 e. The average Bonchev–Trinajstić information content (AvgIpc) is 2.35. The van der Waals surface area contributed by atoms with Crippen LogP contribution in [0.3, 0.4) is 0 Å². The molecular formula is C11H15NO4. The zero-order chi connectivity index (χ0) is 12.1. The first-order valence-electron chi connectivity index (χ1n) is 4.67. The lowest BCUT2D eigenvalue weighted by Crippen LogP contribution is -2.26. The minimum absolute atomic E-state index is 0.466. The molecule has 5 nitrogen and oxygen atoms in total. The molecule has 1 rings (SSSR count). The van der Waals surface area contributed by atoms with Gasteiger partial charge in [-0.05, 0) is 12.1 Å². The summed E-state index contributed by atoms with van der Waals surface area (Å²) >= 11 is 0. The van der Waals surface area contributed by atoms with Gasteiger partial charge in [-0.1, -0.05) is 0 Å². The van der Waals surface area contributed by atoms with Crippen LogP contribution in [-0.4, -0.2) is 34.5 Å². The highest BCUT2D eigenvalue weighted by Gasteiger charge is 2.16. The maximum Gasteiger partial charge on any atom is 0.413 e. The predicted octanol–water partition coefficient (Wildman–Crippen LogP) is 1.91. The first kappa shape index (κ1) is 12.2. The molecule has 0 spiro atoms. The van der Waals surface area contributed by atoms with Crippen LogP contribution in [0.1, 0.15) is 0 Å². The number of carbonyl (C=O) groups is 1. The molecule has 0 radical (unpaired) electrons. The molecule has 16 heavy (non-hydrogen) atoms. The van der Waals surface area contributed by atoms with E-state index in [1.807, 2.05) is 0 Å². The second-order valence-electron chi connectivity index (χ2n) is 3.07. The molecule has 5 heteroatoms. The maximum absolute atomic E-state index is 11.4. The topological polar surface area (TPSA) is 48.0 Å². The lowest BCUT2D eigenvalue weighted by atomic mass is 10.2. The summed E-state index contributed by atoms with van der Waals surface area (Å²) in [5.74, 6) is 1.22. The molecular weight excluding hydrogens is 210 g/mol. The SMILES string of the molecule is COC(=O)N(C)c1cc(OC)ccc1OC. The lowest BCUT2D eigenvalue weighted by molar-refractivity contribution is 0.180. The zero-order valence-electron chi connectivity index (χ0n) is 9.81. The van der Waals surface area contributed by atoms with Crippen molar-refractivity contribution in [2.45, 2.75) is 0 Å². The molecule has 88 valence electrons. The number of anilines is 1. The first-order valence-corrected chi connectivity index (χ1v) is 4.67. The fourth-order valence-electron chi connectivity index (χ4n) is 1.29. The van der Waals surface area contributed by atoms with Gasteiger partial charge in [-0.15, -0.1) is 0 Å². The van der Waals surface area contributed by atoms with Crippen LogP contribution >= 0.6 is 0 Å². The van der Waals surface area contributed by atoms with E-state index in [1.165, 1.54) is 19.1 Å². The van der Waals surface area contributed by atoms with Crippen molar-refractivity contribution in [3.05, 3.63) is 18.2 Å². The number of benzene rings is 1. The van der Waals surface area contributed by atoms with E-state index >= 15 is 0 Å². The number of methoxy groups -OCH3 is 3. The molecule has 0 aromatic heterocycles. The summed E-state index contributed by atoms with van der Waals surface area (Å²) in [6.07, 6.45) is -0.466. The average molecular weight is 225 g/mol. The maximum atomic E-state index is 11.4. The Morgan fingerprint density at radius 1 is 1.19 bits per heavy atom. The van der Waals surface area contributed by atoms with Gasteiger partial charge in [-0.3, -0.25) is 4.90 Å². The number of rotatable bonds is 3. The highest BCUT2D eigenvalue weighted by atomic mass is 16.5. The van der Waals surface area contributed by atoms with E-state index in [0.29, 0.717) is 17.2 Å². The number of amides is 1. The molecule has 0 aliphatic carbocycles. The molecule has 0 saturated heterocycles. The summed E-state index contributed by atoms with van der Waals surface area (Å²) in [5, 5.41) is 0. The number of hydrogen-bond donors (Lipinski definition) is 0. The standard InChI is InChI=1S/C11H15NO4/c1-12(11(13)16-4)9-7-8(14-2)5-6-10(9)15-3/h5-7H,1-4H3. The Morgan fingerprint density at radius 2 is 1.88 bits per heavy atom. The van der Waals surface area contributed by atoms with Gasteiger partial charge in [0.25, 0.3) is 0 Å². The van der Waals surface area contributed by atoms with E-state index in [2.05, 4.69) is 4.74 Å². The molecule has 1 aromatic rings. The van der Waals surface area contributed by atoms with E-state index in [1.54, 1.807) is 32.4 Å². The molecule has 0 atom stereocenters. The van der Waals surface area contributed by atoms with Crippen LogP contribution in [0.25, 0.3) is 0 Å². The van der Waals surface area contributed by atoms with E-state index in [9.17, 15) is 4.79 Å². The third-order valence-electron chi connectivity index (χ3n) is 2.20. The fourth-order valence-corrected chi connectivity index (χ4v) is 1.29. The van der Waals surface area contributed by atoms with Crippen molar-refractivity contribution in [1.82, 2.24) is 0 Å². The fraction of sp³-hybridized carbons (Fsp3) is 0.364. The highest BCUT2D eigenvalue weighted by molar-refractivity contribution is 5.89. The summed E-state index contributed by atoms with van der Waals surface area (Å²) in [5.41, 5.74) is 0.591. The van der Waals surface area contributed by atoms with Crippen LogP contribution in [0.2, 0.25) is 0 Å². The normalized spacial score (nSPS) is 9.50. The van der Waals surface area contributed by atoms with Crippen LogP contribution in [0.15, 0.2) is 18.2 Å². The van der Waals surface area contributed by atoms with Gasteiger partial charge in [-0.2, -0.15) is 0 Å². The second-order valence-corrected chi connectivity index (χ2v) is 3.07. The Balaban J connectivity index is 3.12. The highest BCUT2D eigenvalue weighted by Crippen LogP contribution is 2.31.